The number of hydrogen-bond donors (Lipinski definition) is 0. The highest BCUT2D eigenvalue weighted by molar-refractivity contribution is 5.93. The van der Waals surface area contributed by atoms with Gasteiger partial charge in [-0.05, 0) is 32.9 Å². The second-order valence-electron chi connectivity index (χ2n) is 10.9. The summed E-state index contributed by atoms with van der Waals surface area (Å²) in [5.74, 6) is 0. The van der Waals surface area contributed by atoms with Crippen molar-refractivity contribution in [3.63, 3.8) is 0 Å². The number of aromatic nitrogens is 2. The third-order valence-corrected chi connectivity index (χ3v) is 6.80. The van der Waals surface area contributed by atoms with E-state index in [2.05, 4.69) is 9.97 Å². The number of halogens is 4. The molecule has 0 bridgehead atoms. The molecule has 2 aliphatic heterocycles. The van der Waals surface area contributed by atoms with Crippen LogP contribution in [0.2, 0.25) is 0 Å². The normalized spacial score (nSPS) is 21.6. The molecule has 14 heteroatoms. The fourth-order valence-corrected chi connectivity index (χ4v) is 4.80. The maximum absolute atomic E-state index is 15.9. The van der Waals surface area contributed by atoms with Gasteiger partial charge in [0.1, 0.15) is 22.9 Å². The number of carbonyl (C=O) groups excluding carboxylic acids is 2. The number of amides is 2. The first-order valence-corrected chi connectivity index (χ1v) is 12.7. The van der Waals surface area contributed by atoms with Gasteiger partial charge in [-0.3, -0.25) is 9.78 Å². The van der Waals surface area contributed by atoms with Gasteiger partial charge in [0.2, 0.25) is 6.41 Å². The monoisotopic (exact) mass is 566 g/mol. The Morgan fingerprint density at radius 2 is 1.98 bits per heavy atom. The first-order chi connectivity index (χ1) is 18.7. The highest BCUT2D eigenvalue weighted by Crippen LogP contribution is 2.35. The van der Waals surface area contributed by atoms with E-state index in [0.717, 1.165) is 4.90 Å². The molecule has 40 heavy (non-hydrogen) atoms. The number of anilines is 1. The Labute approximate surface area is 228 Å². The van der Waals surface area contributed by atoms with Gasteiger partial charge in [-0.15, -0.1) is 0 Å². The molecule has 2 saturated heterocycles. The molecule has 0 radical (unpaired) electrons. The topological polar surface area (TPSA) is 112 Å². The minimum Gasteiger partial charge on any atom is -0.444 e. The van der Waals surface area contributed by atoms with Crippen molar-refractivity contribution in [2.75, 3.05) is 37.6 Å². The highest BCUT2D eigenvalue weighted by atomic mass is 19.4. The van der Waals surface area contributed by atoms with Crippen molar-refractivity contribution in [2.24, 2.45) is 0 Å². The molecule has 0 unspecified atom stereocenters. The molecular formula is C26H30F4N6O4. The lowest BCUT2D eigenvalue weighted by molar-refractivity contribution is -0.252. The predicted molar refractivity (Wildman–Crippen MR) is 135 cm³/mol. The molecule has 4 heterocycles. The van der Waals surface area contributed by atoms with Crippen LogP contribution in [0.4, 0.5) is 28.0 Å². The summed E-state index contributed by atoms with van der Waals surface area (Å²) in [6, 6.07) is 5.11. The number of nitrogens with zero attached hydrogens (tertiary/aromatic N) is 6. The summed E-state index contributed by atoms with van der Waals surface area (Å²) in [6.07, 6.45) is -6.33. The average molecular weight is 567 g/mol. The highest BCUT2D eigenvalue weighted by Gasteiger charge is 2.48. The van der Waals surface area contributed by atoms with Gasteiger partial charge in [0.25, 0.3) is 0 Å². The van der Waals surface area contributed by atoms with Gasteiger partial charge in [-0.1, -0.05) is 0 Å². The Hall–Kier alpha value is -3.73. The number of nitriles is 1. The quantitative estimate of drug-likeness (QED) is 0.397. The first kappa shape index (κ1) is 29.3. The molecule has 0 aliphatic carbocycles. The van der Waals surface area contributed by atoms with Crippen molar-refractivity contribution in [2.45, 2.75) is 63.4 Å². The molecule has 2 amide bonds. The Balaban J connectivity index is 1.54. The van der Waals surface area contributed by atoms with E-state index in [1.54, 1.807) is 32.9 Å². The second-order valence-corrected chi connectivity index (χ2v) is 10.9. The summed E-state index contributed by atoms with van der Waals surface area (Å²) in [7, 11) is 0. The number of alkyl halides is 4. The van der Waals surface area contributed by atoms with Crippen LogP contribution in [0.5, 0.6) is 0 Å². The molecule has 10 nitrogen and oxygen atoms in total. The van der Waals surface area contributed by atoms with E-state index < -0.39 is 49.0 Å². The number of fused-ring (bicyclic) bond motifs is 1. The van der Waals surface area contributed by atoms with Crippen molar-refractivity contribution in [1.29, 1.82) is 5.26 Å². The van der Waals surface area contributed by atoms with E-state index >= 15 is 4.39 Å². The molecule has 2 aromatic heterocycles. The molecule has 0 spiro atoms. The summed E-state index contributed by atoms with van der Waals surface area (Å²) in [5.41, 5.74) is -2.16. The molecule has 2 atom stereocenters. The Kier molecular flexibility index (Phi) is 8.07. The largest absolute Gasteiger partial charge is 0.444 e. The van der Waals surface area contributed by atoms with Crippen LogP contribution in [0.15, 0.2) is 24.5 Å². The van der Waals surface area contributed by atoms with Crippen LogP contribution in [0.1, 0.15) is 39.3 Å². The Morgan fingerprint density at radius 3 is 2.58 bits per heavy atom. The van der Waals surface area contributed by atoms with Gasteiger partial charge < -0.3 is 24.2 Å². The molecular weight excluding hydrogens is 536 g/mol. The lowest BCUT2D eigenvalue weighted by Gasteiger charge is -2.45. The minimum absolute atomic E-state index is 0.0168. The van der Waals surface area contributed by atoms with Crippen LogP contribution in [0.3, 0.4) is 0 Å². The number of carbonyl (C=O) groups is 2. The van der Waals surface area contributed by atoms with Crippen LogP contribution in [0.25, 0.3) is 10.9 Å². The lowest BCUT2D eigenvalue weighted by atomic mass is 9.92. The van der Waals surface area contributed by atoms with Crippen molar-refractivity contribution < 1.29 is 36.6 Å². The van der Waals surface area contributed by atoms with Gasteiger partial charge in [-0.2, -0.15) is 18.4 Å². The zero-order chi connectivity index (χ0) is 29.3. The number of rotatable bonds is 5. The van der Waals surface area contributed by atoms with Crippen LogP contribution in [0, 0.1) is 11.3 Å². The first-order valence-electron chi connectivity index (χ1n) is 12.7. The van der Waals surface area contributed by atoms with E-state index in [4.69, 9.17) is 9.47 Å². The van der Waals surface area contributed by atoms with E-state index in [-0.39, 0.29) is 55.8 Å². The summed E-state index contributed by atoms with van der Waals surface area (Å²) >= 11 is 0. The fraction of sp³-hybridized carbons (Fsp3) is 0.577. The van der Waals surface area contributed by atoms with E-state index in [1.807, 2.05) is 6.07 Å². The number of likely N-dealkylation sites (tertiary alicyclic amines) is 1. The molecule has 2 aromatic rings. The van der Waals surface area contributed by atoms with E-state index in [1.165, 1.54) is 22.2 Å². The minimum atomic E-state index is -4.77. The van der Waals surface area contributed by atoms with Gasteiger partial charge >= 0.3 is 12.3 Å². The standard InChI is InChI=1S/C26H30F4N6O4/c1-24(2,3)40-23(38)34-9-6-25(27,7-10-34)15-36(16-37)21-14-35(13-20(39-21)26(28,29)30)19-12-33-18(11-31)22-17(19)5-4-8-32-22/h4-5,8,12,16,20-21H,6-7,9-10,13-15H2,1-3H3/t20-,21+/m0/s1. The van der Waals surface area contributed by atoms with Crippen LogP contribution in [-0.4, -0.2) is 94.8 Å². The predicted octanol–water partition coefficient (Wildman–Crippen LogP) is 3.79. The summed E-state index contributed by atoms with van der Waals surface area (Å²) in [5, 5.41) is 9.77. The van der Waals surface area contributed by atoms with Crippen molar-refractivity contribution in [3.05, 3.63) is 30.2 Å². The fourth-order valence-electron chi connectivity index (χ4n) is 4.80. The van der Waals surface area contributed by atoms with Crippen LogP contribution >= 0.6 is 0 Å². The Bertz CT molecular complexity index is 1290. The molecule has 4 rings (SSSR count). The number of pyridine rings is 2. The zero-order valence-corrected chi connectivity index (χ0v) is 22.3. The molecule has 2 fully saturated rings. The molecule has 0 aromatic carbocycles. The number of piperidine rings is 1. The summed E-state index contributed by atoms with van der Waals surface area (Å²) in [4.78, 5) is 36.2. The summed E-state index contributed by atoms with van der Waals surface area (Å²) in [6.45, 7) is 3.86. The Morgan fingerprint density at radius 1 is 1.27 bits per heavy atom. The summed E-state index contributed by atoms with van der Waals surface area (Å²) < 4.78 is 68.3. The number of hydrogen-bond acceptors (Lipinski definition) is 8. The van der Waals surface area contributed by atoms with Gasteiger partial charge in [0.05, 0.1) is 31.5 Å². The zero-order valence-electron chi connectivity index (χ0n) is 22.3. The molecule has 216 valence electrons. The number of morpholine rings is 1. The lowest BCUT2D eigenvalue weighted by Crippen LogP contribution is -2.60. The van der Waals surface area contributed by atoms with Gasteiger partial charge in [-0.25, -0.2) is 14.2 Å². The molecule has 0 N–H and O–H groups in total. The van der Waals surface area contributed by atoms with Crippen molar-refractivity contribution in [3.8, 4) is 6.07 Å². The van der Waals surface area contributed by atoms with Crippen molar-refractivity contribution in [1.82, 2.24) is 19.8 Å². The van der Waals surface area contributed by atoms with Crippen LogP contribution in [-0.2, 0) is 14.3 Å². The third-order valence-electron chi connectivity index (χ3n) is 6.80. The third kappa shape index (κ3) is 6.52. The van der Waals surface area contributed by atoms with Gasteiger partial charge in [0, 0.05) is 37.5 Å². The number of ether oxygens (including phenoxy) is 2. The maximum Gasteiger partial charge on any atom is 0.416 e. The van der Waals surface area contributed by atoms with Crippen molar-refractivity contribution >= 4 is 29.1 Å². The molecule has 2 aliphatic rings. The average Bonchev–Trinajstić information content (AvgIpc) is 2.89. The SMILES string of the molecule is CC(C)(C)OC(=O)N1CCC(F)(CN(C=O)[C@H]2CN(c3cnc(C#N)c4ncccc34)C[C@@H](C(F)(F)F)O2)CC1. The van der Waals surface area contributed by atoms with E-state index in [9.17, 15) is 28.0 Å². The van der Waals surface area contributed by atoms with Crippen LogP contribution < -0.4 is 4.90 Å². The van der Waals surface area contributed by atoms with Gasteiger partial charge in [0.15, 0.2) is 18.0 Å². The smallest absolute Gasteiger partial charge is 0.416 e. The maximum atomic E-state index is 15.9. The second kappa shape index (κ2) is 11.0. The molecule has 0 saturated carbocycles. The van der Waals surface area contributed by atoms with E-state index in [0.29, 0.717) is 5.39 Å².